The summed E-state index contributed by atoms with van der Waals surface area (Å²) in [4.78, 5) is 10.9. The Balaban J connectivity index is 2.26. The van der Waals surface area contributed by atoms with Gasteiger partial charge in [-0.3, -0.25) is 0 Å². The van der Waals surface area contributed by atoms with Crippen molar-refractivity contribution in [2.45, 2.75) is 26.1 Å². The van der Waals surface area contributed by atoms with Crippen molar-refractivity contribution in [3.05, 3.63) is 12.2 Å². The molecule has 0 aromatic rings. The van der Waals surface area contributed by atoms with Gasteiger partial charge in [0.05, 0.1) is 6.61 Å². The molecule has 1 saturated heterocycles. The lowest BCUT2D eigenvalue weighted by molar-refractivity contribution is -0.144. The second kappa shape index (κ2) is 3.53. The van der Waals surface area contributed by atoms with Gasteiger partial charge in [-0.15, -0.1) is 0 Å². The van der Waals surface area contributed by atoms with Crippen LogP contribution >= 0.6 is 0 Å². The molecule has 0 amide bonds. The van der Waals surface area contributed by atoms with Crippen LogP contribution in [0.5, 0.6) is 0 Å². The fourth-order valence-corrected chi connectivity index (χ4v) is 0.874. The van der Waals surface area contributed by atoms with Gasteiger partial charge in [-0.25, -0.2) is 4.79 Å². The first kappa shape index (κ1) is 8.27. The van der Waals surface area contributed by atoms with Gasteiger partial charge in [0.25, 0.3) is 0 Å². The number of ether oxygens (including phenoxy) is 2. The zero-order valence-corrected chi connectivity index (χ0v) is 6.74. The van der Waals surface area contributed by atoms with Crippen LogP contribution < -0.4 is 0 Å². The molecule has 0 aliphatic carbocycles. The van der Waals surface area contributed by atoms with Crippen LogP contribution in [0.4, 0.5) is 0 Å². The number of carbonyl (C=O) groups is 1. The molecule has 0 spiro atoms. The minimum absolute atomic E-state index is 0.0425. The van der Waals surface area contributed by atoms with Gasteiger partial charge in [-0.1, -0.05) is 12.2 Å². The van der Waals surface area contributed by atoms with Crippen molar-refractivity contribution in [2.24, 2.45) is 0 Å². The Morgan fingerprint density at radius 1 is 1.73 bits per heavy atom. The Bertz CT molecular complexity index is 174. The molecule has 1 aliphatic heterocycles. The predicted octanol–water partition coefficient (Wildman–Crippen LogP) is 0.893. The maximum absolute atomic E-state index is 10.9. The van der Waals surface area contributed by atoms with E-state index in [1.807, 2.05) is 19.1 Å². The van der Waals surface area contributed by atoms with E-state index in [1.165, 1.54) is 0 Å². The second-order valence-electron chi connectivity index (χ2n) is 2.30. The molecule has 3 heteroatoms. The van der Waals surface area contributed by atoms with Gasteiger partial charge in [-0.2, -0.15) is 0 Å². The third-order valence-electron chi connectivity index (χ3n) is 1.43. The average Bonchev–Trinajstić information content (AvgIpc) is 2.69. The van der Waals surface area contributed by atoms with Crippen molar-refractivity contribution in [2.75, 3.05) is 6.61 Å². The molecule has 0 saturated carbocycles. The van der Waals surface area contributed by atoms with Crippen LogP contribution in [0, 0.1) is 0 Å². The first-order valence-corrected chi connectivity index (χ1v) is 3.74. The molecule has 0 radical (unpaired) electrons. The van der Waals surface area contributed by atoms with Crippen LogP contribution in [-0.2, 0) is 14.3 Å². The van der Waals surface area contributed by atoms with E-state index in [1.54, 1.807) is 6.92 Å². The Morgan fingerprint density at radius 2 is 2.45 bits per heavy atom. The third-order valence-corrected chi connectivity index (χ3v) is 1.43. The molecule has 11 heavy (non-hydrogen) atoms. The molecule has 62 valence electrons. The van der Waals surface area contributed by atoms with Crippen LogP contribution in [0.2, 0.25) is 0 Å². The molecule has 0 aromatic carbocycles. The lowest BCUT2D eigenvalue weighted by Crippen LogP contribution is -2.12. The van der Waals surface area contributed by atoms with Crippen LogP contribution in [0.25, 0.3) is 0 Å². The van der Waals surface area contributed by atoms with Gasteiger partial charge in [0.15, 0.2) is 6.10 Å². The van der Waals surface area contributed by atoms with E-state index in [4.69, 9.17) is 9.47 Å². The fourth-order valence-electron chi connectivity index (χ4n) is 0.874. The molecule has 1 rings (SSSR count). The number of epoxide rings is 1. The minimum Gasteiger partial charge on any atom is -0.464 e. The molecule has 1 aliphatic rings. The Kier molecular flexibility index (Phi) is 2.65. The molecular formula is C8H12O3. The highest BCUT2D eigenvalue weighted by Gasteiger charge is 2.44. The molecule has 3 nitrogen and oxygen atoms in total. The van der Waals surface area contributed by atoms with Crippen molar-refractivity contribution in [1.29, 1.82) is 0 Å². The Hall–Kier alpha value is -0.830. The van der Waals surface area contributed by atoms with Gasteiger partial charge in [0.1, 0.15) is 6.10 Å². The van der Waals surface area contributed by atoms with Crippen LogP contribution in [0.1, 0.15) is 13.8 Å². The minimum atomic E-state index is -0.342. The summed E-state index contributed by atoms with van der Waals surface area (Å²) in [6.45, 7) is 4.09. The number of allylic oxidation sites excluding steroid dienone is 1. The van der Waals surface area contributed by atoms with E-state index in [9.17, 15) is 4.79 Å². The van der Waals surface area contributed by atoms with Gasteiger partial charge in [0.2, 0.25) is 0 Å². The third kappa shape index (κ3) is 2.05. The summed E-state index contributed by atoms with van der Waals surface area (Å²) in [6, 6.07) is 0. The molecule has 1 heterocycles. The normalized spacial score (nSPS) is 28.9. The average molecular weight is 156 g/mol. The lowest BCUT2D eigenvalue weighted by atomic mass is 10.3. The second-order valence-corrected chi connectivity index (χ2v) is 2.30. The Morgan fingerprint density at radius 3 is 3.00 bits per heavy atom. The summed E-state index contributed by atoms with van der Waals surface area (Å²) >= 11 is 0. The van der Waals surface area contributed by atoms with E-state index in [0.717, 1.165) is 0 Å². The van der Waals surface area contributed by atoms with Crippen LogP contribution in [0.15, 0.2) is 12.2 Å². The molecule has 0 aromatic heterocycles. The van der Waals surface area contributed by atoms with Crippen molar-refractivity contribution in [3.63, 3.8) is 0 Å². The summed E-state index contributed by atoms with van der Waals surface area (Å²) in [6.07, 6.45) is 3.33. The summed E-state index contributed by atoms with van der Waals surface area (Å²) in [5, 5.41) is 0. The highest BCUT2D eigenvalue weighted by molar-refractivity contribution is 5.78. The highest BCUT2D eigenvalue weighted by atomic mass is 16.6. The first-order chi connectivity index (χ1) is 5.29. The number of hydrogen-bond acceptors (Lipinski definition) is 3. The van der Waals surface area contributed by atoms with Crippen LogP contribution in [-0.4, -0.2) is 24.8 Å². The van der Waals surface area contributed by atoms with Gasteiger partial charge >= 0.3 is 5.97 Å². The standard InChI is InChI=1S/C8H12O3/c1-3-5-6-7(11-6)8(9)10-4-2/h3,5-7H,4H2,1-2H3/b5-3+/t6-,7+/m1/s1. The van der Waals surface area contributed by atoms with Crippen molar-refractivity contribution >= 4 is 5.97 Å². The maximum Gasteiger partial charge on any atom is 0.338 e. The first-order valence-electron chi connectivity index (χ1n) is 3.74. The number of esters is 1. The van der Waals surface area contributed by atoms with Gasteiger partial charge in [-0.05, 0) is 13.8 Å². The summed E-state index contributed by atoms with van der Waals surface area (Å²) in [7, 11) is 0. The van der Waals surface area contributed by atoms with E-state index < -0.39 is 0 Å². The molecular weight excluding hydrogens is 144 g/mol. The molecule has 0 unspecified atom stereocenters. The monoisotopic (exact) mass is 156 g/mol. The van der Waals surface area contributed by atoms with Gasteiger partial charge in [0, 0.05) is 0 Å². The van der Waals surface area contributed by atoms with E-state index in [2.05, 4.69) is 0 Å². The van der Waals surface area contributed by atoms with E-state index in [0.29, 0.717) is 6.61 Å². The zero-order chi connectivity index (χ0) is 8.27. The summed E-state index contributed by atoms with van der Waals surface area (Å²) in [5.41, 5.74) is 0. The number of hydrogen-bond donors (Lipinski definition) is 0. The lowest BCUT2D eigenvalue weighted by Gasteiger charge is -1.94. The Labute approximate surface area is 66.0 Å². The largest absolute Gasteiger partial charge is 0.464 e. The summed E-state index contributed by atoms with van der Waals surface area (Å²) in [5.74, 6) is -0.254. The van der Waals surface area contributed by atoms with Crippen molar-refractivity contribution < 1.29 is 14.3 Å². The van der Waals surface area contributed by atoms with E-state index in [-0.39, 0.29) is 18.2 Å². The topological polar surface area (TPSA) is 38.8 Å². The van der Waals surface area contributed by atoms with Crippen molar-refractivity contribution in [3.8, 4) is 0 Å². The van der Waals surface area contributed by atoms with Crippen LogP contribution in [0.3, 0.4) is 0 Å². The van der Waals surface area contributed by atoms with Crippen molar-refractivity contribution in [1.82, 2.24) is 0 Å². The predicted molar refractivity (Wildman–Crippen MR) is 40.1 cm³/mol. The zero-order valence-electron chi connectivity index (χ0n) is 6.74. The SMILES string of the molecule is C/C=C/[C@H]1O[C@@H]1C(=O)OCC. The smallest absolute Gasteiger partial charge is 0.338 e. The van der Waals surface area contributed by atoms with E-state index >= 15 is 0 Å². The van der Waals surface area contributed by atoms with Gasteiger partial charge < -0.3 is 9.47 Å². The molecule has 2 atom stereocenters. The fraction of sp³-hybridized carbons (Fsp3) is 0.625. The summed E-state index contributed by atoms with van der Waals surface area (Å²) < 4.78 is 9.75. The highest BCUT2D eigenvalue weighted by Crippen LogP contribution is 2.24. The number of rotatable bonds is 3. The quantitative estimate of drug-likeness (QED) is 0.346. The number of carbonyl (C=O) groups excluding carboxylic acids is 1. The molecule has 0 bridgehead atoms. The molecule has 1 fully saturated rings. The maximum atomic E-state index is 10.9. The molecule has 0 N–H and O–H groups in total.